The van der Waals surface area contributed by atoms with Crippen molar-refractivity contribution in [2.45, 2.75) is 6.04 Å². The lowest BCUT2D eigenvalue weighted by Gasteiger charge is -2.18. The molecule has 1 amide bonds. The number of methoxy groups -OCH3 is 1. The van der Waals surface area contributed by atoms with E-state index in [1.54, 1.807) is 48.5 Å². The van der Waals surface area contributed by atoms with Crippen molar-refractivity contribution < 1.29 is 14.3 Å². The van der Waals surface area contributed by atoms with Crippen LogP contribution in [0.1, 0.15) is 22.0 Å². The van der Waals surface area contributed by atoms with Crippen molar-refractivity contribution in [1.29, 1.82) is 0 Å². The summed E-state index contributed by atoms with van der Waals surface area (Å²) in [6.45, 7) is 0. The van der Waals surface area contributed by atoms with Gasteiger partial charge in [-0.15, -0.1) is 0 Å². The van der Waals surface area contributed by atoms with Crippen LogP contribution in [0.4, 0.5) is 0 Å². The molecule has 0 aliphatic heterocycles. The number of nitrogens with one attached hydrogen (secondary N) is 1. The molecule has 0 fully saturated rings. The molecule has 5 nitrogen and oxygen atoms in total. The normalized spacial score (nSPS) is 11.7. The standard InChI is InChI=1S/C25H19ClN2O3/c1-31-25(30)23(17-10-6-3-7-11-17)28-24(29)20-15-21(16-8-4-2-5-9-16)27-22-14-18(26)12-13-19(20)22/h2-15,23H,1H3,(H,28,29). The van der Waals surface area contributed by atoms with Gasteiger partial charge < -0.3 is 10.1 Å². The number of hydrogen-bond donors (Lipinski definition) is 1. The monoisotopic (exact) mass is 430 g/mol. The van der Waals surface area contributed by atoms with Crippen molar-refractivity contribution in [2.75, 3.05) is 7.11 Å². The van der Waals surface area contributed by atoms with Gasteiger partial charge in [-0.25, -0.2) is 9.78 Å². The average Bonchev–Trinajstić information content (AvgIpc) is 2.82. The fourth-order valence-electron chi connectivity index (χ4n) is 3.40. The molecule has 0 bridgehead atoms. The van der Waals surface area contributed by atoms with Gasteiger partial charge in [0.1, 0.15) is 0 Å². The summed E-state index contributed by atoms with van der Waals surface area (Å²) < 4.78 is 4.92. The minimum Gasteiger partial charge on any atom is -0.467 e. The number of ether oxygens (including phenoxy) is 1. The molecule has 0 saturated heterocycles. The summed E-state index contributed by atoms with van der Waals surface area (Å²) in [5.74, 6) is -0.963. The van der Waals surface area contributed by atoms with E-state index in [1.165, 1.54) is 7.11 Å². The quantitative estimate of drug-likeness (QED) is 0.442. The number of benzene rings is 3. The maximum Gasteiger partial charge on any atom is 0.333 e. The molecular weight excluding hydrogens is 412 g/mol. The Hall–Kier alpha value is -3.70. The number of carbonyl (C=O) groups excluding carboxylic acids is 2. The zero-order chi connectivity index (χ0) is 21.8. The molecule has 0 saturated carbocycles. The third kappa shape index (κ3) is 4.42. The maximum atomic E-state index is 13.4. The van der Waals surface area contributed by atoms with Gasteiger partial charge in [-0.05, 0) is 23.8 Å². The molecule has 1 atom stereocenters. The second-order valence-electron chi connectivity index (χ2n) is 6.92. The summed E-state index contributed by atoms with van der Waals surface area (Å²) in [5.41, 5.74) is 3.12. The van der Waals surface area contributed by atoms with Crippen LogP contribution in [0, 0.1) is 0 Å². The van der Waals surface area contributed by atoms with Crippen molar-refractivity contribution in [3.63, 3.8) is 0 Å². The molecule has 4 aromatic rings. The van der Waals surface area contributed by atoms with E-state index in [0.717, 1.165) is 5.56 Å². The van der Waals surface area contributed by atoms with Crippen LogP contribution in [-0.4, -0.2) is 24.0 Å². The summed E-state index contributed by atoms with van der Waals surface area (Å²) in [5, 5.41) is 3.97. The maximum absolute atomic E-state index is 13.4. The molecule has 1 heterocycles. The average molecular weight is 431 g/mol. The number of pyridine rings is 1. The number of fused-ring (bicyclic) bond motifs is 1. The van der Waals surface area contributed by atoms with Crippen molar-refractivity contribution in [3.05, 3.63) is 101 Å². The first-order valence-electron chi connectivity index (χ1n) is 9.66. The van der Waals surface area contributed by atoms with Crippen LogP contribution >= 0.6 is 11.6 Å². The summed E-state index contributed by atoms with van der Waals surface area (Å²) >= 11 is 6.17. The zero-order valence-electron chi connectivity index (χ0n) is 16.7. The fraction of sp³-hybridized carbons (Fsp3) is 0.0800. The molecule has 0 spiro atoms. The van der Waals surface area contributed by atoms with Crippen LogP contribution in [-0.2, 0) is 9.53 Å². The second-order valence-corrected chi connectivity index (χ2v) is 7.36. The Labute approximate surface area is 184 Å². The molecule has 4 rings (SSSR count). The molecular formula is C25H19ClN2O3. The molecule has 31 heavy (non-hydrogen) atoms. The van der Waals surface area contributed by atoms with Gasteiger partial charge in [-0.2, -0.15) is 0 Å². The lowest BCUT2D eigenvalue weighted by Crippen LogP contribution is -2.34. The van der Waals surface area contributed by atoms with Gasteiger partial charge >= 0.3 is 5.97 Å². The predicted octanol–water partition coefficient (Wildman–Crippen LogP) is 5.20. The molecule has 0 aliphatic rings. The van der Waals surface area contributed by atoms with Crippen LogP contribution in [0.25, 0.3) is 22.2 Å². The highest BCUT2D eigenvalue weighted by Gasteiger charge is 2.25. The Kier molecular flexibility index (Phi) is 5.96. The molecule has 154 valence electrons. The number of halogens is 1. The number of amides is 1. The van der Waals surface area contributed by atoms with Crippen molar-refractivity contribution in [3.8, 4) is 11.3 Å². The van der Waals surface area contributed by atoms with Crippen LogP contribution in [0.5, 0.6) is 0 Å². The van der Waals surface area contributed by atoms with E-state index in [4.69, 9.17) is 16.3 Å². The molecule has 1 unspecified atom stereocenters. The van der Waals surface area contributed by atoms with Crippen LogP contribution in [0.15, 0.2) is 84.9 Å². The Morgan fingerprint density at radius 1 is 0.935 bits per heavy atom. The lowest BCUT2D eigenvalue weighted by atomic mass is 10.0. The van der Waals surface area contributed by atoms with Gasteiger partial charge in [0.15, 0.2) is 6.04 Å². The van der Waals surface area contributed by atoms with Gasteiger partial charge in [0.2, 0.25) is 0 Å². The van der Waals surface area contributed by atoms with Gasteiger partial charge in [-0.1, -0.05) is 78.3 Å². The molecule has 6 heteroatoms. The second kappa shape index (κ2) is 8.98. The summed E-state index contributed by atoms with van der Waals surface area (Å²) in [7, 11) is 1.29. The molecule has 1 N–H and O–H groups in total. The third-order valence-corrected chi connectivity index (χ3v) is 5.17. The van der Waals surface area contributed by atoms with Gasteiger partial charge in [0, 0.05) is 16.0 Å². The largest absolute Gasteiger partial charge is 0.467 e. The molecule has 0 radical (unpaired) electrons. The highest BCUT2D eigenvalue weighted by Crippen LogP contribution is 2.27. The number of nitrogens with zero attached hydrogens (tertiary/aromatic N) is 1. The third-order valence-electron chi connectivity index (χ3n) is 4.93. The zero-order valence-corrected chi connectivity index (χ0v) is 17.5. The fourth-order valence-corrected chi connectivity index (χ4v) is 3.56. The summed E-state index contributed by atoms with van der Waals surface area (Å²) in [6.07, 6.45) is 0. The number of aromatic nitrogens is 1. The molecule has 1 aromatic heterocycles. The highest BCUT2D eigenvalue weighted by atomic mass is 35.5. The first kappa shape index (κ1) is 20.6. The first-order chi connectivity index (χ1) is 15.1. The molecule has 0 aliphatic carbocycles. The smallest absolute Gasteiger partial charge is 0.333 e. The van der Waals surface area contributed by atoms with E-state index in [-0.39, 0.29) is 0 Å². The summed E-state index contributed by atoms with van der Waals surface area (Å²) in [4.78, 5) is 30.4. The van der Waals surface area contributed by atoms with E-state index in [0.29, 0.717) is 32.7 Å². The first-order valence-corrected chi connectivity index (χ1v) is 10.0. The van der Waals surface area contributed by atoms with Gasteiger partial charge in [0.05, 0.1) is 23.9 Å². The number of hydrogen-bond acceptors (Lipinski definition) is 4. The van der Waals surface area contributed by atoms with E-state index in [2.05, 4.69) is 10.3 Å². The number of esters is 1. The van der Waals surface area contributed by atoms with Crippen molar-refractivity contribution in [1.82, 2.24) is 10.3 Å². The van der Waals surface area contributed by atoms with Crippen molar-refractivity contribution in [2.24, 2.45) is 0 Å². The van der Waals surface area contributed by atoms with E-state index < -0.39 is 17.9 Å². The van der Waals surface area contributed by atoms with Crippen LogP contribution in [0.2, 0.25) is 5.02 Å². The minimum atomic E-state index is -0.936. The Balaban J connectivity index is 1.80. The number of carbonyl (C=O) groups is 2. The SMILES string of the molecule is COC(=O)C(NC(=O)c1cc(-c2ccccc2)nc2cc(Cl)ccc12)c1ccccc1. The lowest BCUT2D eigenvalue weighted by molar-refractivity contribution is -0.143. The molecule has 3 aromatic carbocycles. The van der Waals surface area contributed by atoms with E-state index in [1.807, 2.05) is 36.4 Å². The topological polar surface area (TPSA) is 68.3 Å². The Morgan fingerprint density at radius 2 is 1.61 bits per heavy atom. The minimum absolute atomic E-state index is 0.394. The van der Waals surface area contributed by atoms with Gasteiger partial charge in [-0.3, -0.25) is 4.79 Å². The van der Waals surface area contributed by atoms with E-state index in [9.17, 15) is 9.59 Å². The predicted molar refractivity (Wildman–Crippen MR) is 121 cm³/mol. The van der Waals surface area contributed by atoms with Crippen LogP contribution in [0.3, 0.4) is 0 Å². The van der Waals surface area contributed by atoms with Gasteiger partial charge in [0.25, 0.3) is 5.91 Å². The highest BCUT2D eigenvalue weighted by molar-refractivity contribution is 6.31. The van der Waals surface area contributed by atoms with Crippen molar-refractivity contribution >= 4 is 34.4 Å². The summed E-state index contributed by atoms with van der Waals surface area (Å²) in [6, 6.07) is 24.5. The Morgan fingerprint density at radius 3 is 2.29 bits per heavy atom. The number of rotatable bonds is 5. The Bertz CT molecular complexity index is 1240. The van der Waals surface area contributed by atoms with Crippen LogP contribution < -0.4 is 5.32 Å². The van der Waals surface area contributed by atoms with E-state index >= 15 is 0 Å².